The highest BCUT2D eigenvalue weighted by Crippen LogP contribution is 2.19. The van der Waals surface area contributed by atoms with Gasteiger partial charge in [-0.05, 0) is 86.7 Å². The van der Waals surface area contributed by atoms with Crippen molar-refractivity contribution in [3.8, 4) is 0 Å². The summed E-state index contributed by atoms with van der Waals surface area (Å²) in [7, 11) is 4.18. The van der Waals surface area contributed by atoms with E-state index < -0.39 is 0 Å². The van der Waals surface area contributed by atoms with Crippen molar-refractivity contribution < 1.29 is 4.79 Å². The number of hydrogen-bond donors (Lipinski definition) is 0. The fourth-order valence-electron chi connectivity index (χ4n) is 3.50. The number of likely N-dealkylation sites (N-methyl/N-ethyl adjacent to an activating group) is 1. The summed E-state index contributed by atoms with van der Waals surface area (Å²) in [5.41, 5.74) is 4.03. The van der Waals surface area contributed by atoms with Crippen molar-refractivity contribution in [2.75, 3.05) is 27.2 Å². The molecule has 0 aromatic carbocycles. The van der Waals surface area contributed by atoms with E-state index in [-0.39, 0.29) is 5.91 Å². The zero-order valence-electron chi connectivity index (χ0n) is 18.0. The molecule has 1 amide bonds. The van der Waals surface area contributed by atoms with E-state index in [9.17, 15) is 4.79 Å². The van der Waals surface area contributed by atoms with Crippen molar-refractivity contribution >= 4 is 5.91 Å². The molecule has 148 valence electrons. The van der Waals surface area contributed by atoms with E-state index in [1.807, 2.05) is 6.08 Å². The summed E-state index contributed by atoms with van der Waals surface area (Å²) in [5.74, 6) is 0.207. The molecule has 0 N–H and O–H groups in total. The Morgan fingerprint density at radius 1 is 1.00 bits per heavy atom. The molecule has 1 aliphatic rings. The zero-order chi connectivity index (χ0) is 19.5. The Balaban J connectivity index is 2.49. The Kier molecular flexibility index (Phi) is 10.6. The van der Waals surface area contributed by atoms with Gasteiger partial charge < -0.3 is 9.80 Å². The van der Waals surface area contributed by atoms with Gasteiger partial charge >= 0.3 is 0 Å². The van der Waals surface area contributed by atoms with E-state index in [0.29, 0.717) is 6.04 Å². The molecule has 1 rings (SSSR count). The minimum Gasteiger partial charge on any atom is -0.335 e. The molecule has 0 aromatic rings. The molecule has 1 heterocycles. The van der Waals surface area contributed by atoms with Gasteiger partial charge in [-0.25, -0.2) is 0 Å². The molecule has 0 aliphatic carbocycles. The molecule has 0 bridgehead atoms. The van der Waals surface area contributed by atoms with Gasteiger partial charge in [-0.3, -0.25) is 4.79 Å². The highest BCUT2D eigenvalue weighted by Gasteiger charge is 2.25. The first kappa shape index (κ1) is 22.7. The van der Waals surface area contributed by atoms with Crippen molar-refractivity contribution in [2.24, 2.45) is 0 Å². The van der Waals surface area contributed by atoms with Gasteiger partial charge in [0.2, 0.25) is 5.91 Å². The molecular formula is C23H40N2O. The minimum absolute atomic E-state index is 0.207. The van der Waals surface area contributed by atoms with Crippen LogP contribution in [0, 0.1) is 0 Å². The lowest BCUT2D eigenvalue weighted by atomic mass is 10.0. The van der Waals surface area contributed by atoms with Crippen LogP contribution in [0.5, 0.6) is 0 Å². The molecule has 1 atom stereocenters. The van der Waals surface area contributed by atoms with Crippen LogP contribution in [0.4, 0.5) is 0 Å². The van der Waals surface area contributed by atoms with Crippen LogP contribution in [0.1, 0.15) is 72.6 Å². The highest BCUT2D eigenvalue weighted by atomic mass is 16.2. The topological polar surface area (TPSA) is 23.6 Å². The van der Waals surface area contributed by atoms with Crippen LogP contribution in [0.25, 0.3) is 0 Å². The van der Waals surface area contributed by atoms with Crippen molar-refractivity contribution in [3.63, 3.8) is 0 Å². The maximum atomic E-state index is 12.7. The number of likely N-dealkylation sites (tertiary alicyclic amines) is 1. The third-order valence-corrected chi connectivity index (χ3v) is 4.98. The van der Waals surface area contributed by atoms with Gasteiger partial charge in [0.25, 0.3) is 0 Å². The summed E-state index contributed by atoms with van der Waals surface area (Å²) >= 11 is 0. The molecular weight excluding hydrogens is 320 g/mol. The third kappa shape index (κ3) is 9.38. The predicted molar refractivity (Wildman–Crippen MR) is 113 cm³/mol. The average Bonchev–Trinajstić information content (AvgIpc) is 2.54. The Morgan fingerprint density at radius 3 is 2.31 bits per heavy atom. The summed E-state index contributed by atoms with van der Waals surface area (Å²) in [5, 5.41) is 0. The Bertz CT molecular complexity index is 524. The number of rotatable bonds is 9. The molecule has 1 fully saturated rings. The molecule has 3 nitrogen and oxygen atoms in total. The predicted octanol–water partition coefficient (Wildman–Crippen LogP) is 5.35. The number of piperidine rings is 1. The molecule has 1 unspecified atom stereocenters. The Labute approximate surface area is 161 Å². The maximum Gasteiger partial charge on any atom is 0.246 e. The van der Waals surface area contributed by atoms with Gasteiger partial charge in [0.1, 0.15) is 0 Å². The molecule has 3 heteroatoms. The smallest absolute Gasteiger partial charge is 0.246 e. The number of amides is 1. The first-order chi connectivity index (χ1) is 12.3. The first-order valence-electron chi connectivity index (χ1n) is 10.2. The van der Waals surface area contributed by atoms with Gasteiger partial charge in [0.05, 0.1) is 0 Å². The number of hydrogen-bond acceptors (Lipinski definition) is 2. The first-order valence-corrected chi connectivity index (χ1v) is 10.2. The van der Waals surface area contributed by atoms with Crippen LogP contribution in [0.15, 0.2) is 34.9 Å². The fraction of sp³-hybridized carbons (Fsp3) is 0.696. The van der Waals surface area contributed by atoms with Crippen LogP contribution < -0.4 is 0 Å². The zero-order valence-corrected chi connectivity index (χ0v) is 18.0. The maximum absolute atomic E-state index is 12.7. The lowest BCUT2D eigenvalue weighted by Gasteiger charge is -2.36. The molecule has 26 heavy (non-hydrogen) atoms. The van der Waals surface area contributed by atoms with Gasteiger partial charge in [0, 0.05) is 25.2 Å². The summed E-state index contributed by atoms with van der Waals surface area (Å²) < 4.78 is 0. The van der Waals surface area contributed by atoms with Crippen molar-refractivity contribution in [1.29, 1.82) is 0 Å². The summed E-state index contributed by atoms with van der Waals surface area (Å²) in [6.45, 7) is 10.5. The lowest BCUT2D eigenvalue weighted by Crippen LogP contribution is -2.47. The van der Waals surface area contributed by atoms with Gasteiger partial charge in [-0.15, -0.1) is 0 Å². The van der Waals surface area contributed by atoms with Crippen LogP contribution in [-0.2, 0) is 4.79 Å². The van der Waals surface area contributed by atoms with Crippen molar-refractivity contribution in [1.82, 2.24) is 9.80 Å². The Hall–Kier alpha value is -1.35. The second-order valence-electron chi connectivity index (χ2n) is 8.34. The van der Waals surface area contributed by atoms with Crippen LogP contribution >= 0.6 is 0 Å². The molecule has 0 radical (unpaired) electrons. The number of carbonyl (C=O) groups excluding carboxylic acids is 1. The number of carbonyl (C=O) groups is 1. The molecule has 0 saturated carbocycles. The second-order valence-corrected chi connectivity index (χ2v) is 8.34. The second kappa shape index (κ2) is 12.1. The molecule has 1 aliphatic heterocycles. The van der Waals surface area contributed by atoms with E-state index in [0.717, 1.165) is 51.6 Å². The largest absolute Gasteiger partial charge is 0.335 e. The van der Waals surface area contributed by atoms with Crippen LogP contribution in [0.3, 0.4) is 0 Å². The van der Waals surface area contributed by atoms with Crippen LogP contribution in [0.2, 0.25) is 0 Å². The standard InChI is InChI=1S/C23H40N2O/c1-19(2)11-9-12-20(3)13-10-14-21(4)17-23(26)25-16-8-7-15-22(25)18-24(5)6/h11,13,17,22H,7-10,12,14-16,18H2,1-6H3/b20-13+,21-17+. The molecule has 1 saturated heterocycles. The van der Waals surface area contributed by atoms with Crippen LogP contribution in [-0.4, -0.2) is 48.9 Å². The molecule has 0 spiro atoms. The summed E-state index contributed by atoms with van der Waals surface area (Å²) in [6, 6.07) is 0.368. The van der Waals surface area contributed by atoms with Crippen molar-refractivity contribution in [3.05, 3.63) is 34.9 Å². The van der Waals surface area contributed by atoms with E-state index >= 15 is 0 Å². The van der Waals surface area contributed by atoms with E-state index in [1.54, 1.807) is 0 Å². The van der Waals surface area contributed by atoms with Gasteiger partial charge in [-0.2, -0.15) is 0 Å². The average molecular weight is 361 g/mol. The summed E-state index contributed by atoms with van der Waals surface area (Å²) in [6.07, 6.45) is 14.3. The van der Waals surface area contributed by atoms with E-state index in [2.05, 4.69) is 63.7 Å². The third-order valence-electron chi connectivity index (χ3n) is 4.98. The van der Waals surface area contributed by atoms with E-state index in [1.165, 1.54) is 23.1 Å². The highest BCUT2D eigenvalue weighted by molar-refractivity contribution is 5.88. The lowest BCUT2D eigenvalue weighted by molar-refractivity contribution is -0.129. The SMILES string of the molecule is CC(C)=CCC/C(C)=C/CC/C(C)=C/C(=O)N1CCCCC1CN(C)C. The summed E-state index contributed by atoms with van der Waals surface area (Å²) in [4.78, 5) is 17.0. The normalized spacial score (nSPS) is 19.0. The van der Waals surface area contributed by atoms with Gasteiger partial charge in [0.15, 0.2) is 0 Å². The van der Waals surface area contributed by atoms with Crippen molar-refractivity contribution in [2.45, 2.75) is 78.7 Å². The molecule has 0 aromatic heterocycles. The monoisotopic (exact) mass is 360 g/mol. The minimum atomic E-state index is 0.207. The van der Waals surface area contributed by atoms with Gasteiger partial charge in [-0.1, -0.05) is 28.9 Å². The van der Waals surface area contributed by atoms with E-state index in [4.69, 9.17) is 0 Å². The quantitative estimate of drug-likeness (QED) is 0.409. The Morgan fingerprint density at radius 2 is 1.65 bits per heavy atom. The fourth-order valence-corrected chi connectivity index (χ4v) is 3.50. The number of allylic oxidation sites excluding steroid dienone is 5. The number of nitrogens with zero attached hydrogens (tertiary/aromatic N) is 2.